The molecule has 0 saturated carbocycles. The van der Waals surface area contributed by atoms with Crippen LogP contribution in [0.15, 0.2) is 24.3 Å². The predicted octanol–water partition coefficient (Wildman–Crippen LogP) is 5.17. The van der Waals surface area contributed by atoms with Gasteiger partial charge < -0.3 is 15.8 Å². The van der Waals surface area contributed by atoms with Gasteiger partial charge in [-0.25, -0.2) is 4.79 Å². The molecule has 0 unspecified atom stereocenters. The first-order chi connectivity index (χ1) is 13.0. The highest BCUT2D eigenvalue weighted by molar-refractivity contribution is 5.81. The predicted molar refractivity (Wildman–Crippen MR) is 115 cm³/mol. The van der Waals surface area contributed by atoms with Crippen LogP contribution in [-0.4, -0.2) is 16.6 Å². The van der Waals surface area contributed by atoms with Crippen LogP contribution in [0.3, 0.4) is 0 Å². The van der Waals surface area contributed by atoms with Gasteiger partial charge in [-0.3, -0.25) is 4.98 Å². The molecule has 5 nitrogen and oxygen atoms in total. The molecule has 0 atom stereocenters. The maximum atomic E-state index is 12.2. The summed E-state index contributed by atoms with van der Waals surface area (Å²) in [6.45, 7) is 14.2. The Hall–Kier alpha value is -2.56. The number of hydrogen-bond donors (Lipinski definition) is 2. The number of pyridine rings is 1. The third-order valence-corrected chi connectivity index (χ3v) is 4.38. The normalized spacial score (nSPS) is 11.6. The minimum Gasteiger partial charge on any atom is -0.445 e. The Morgan fingerprint density at radius 3 is 2.32 bits per heavy atom. The van der Waals surface area contributed by atoms with Crippen molar-refractivity contribution in [3.63, 3.8) is 0 Å². The van der Waals surface area contributed by atoms with Crippen LogP contribution in [0.1, 0.15) is 57.1 Å². The number of nitrogens with two attached hydrogens (primary N) is 1. The Morgan fingerprint density at radius 1 is 1.18 bits per heavy atom. The summed E-state index contributed by atoms with van der Waals surface area (Å²) in [6, 6.07) is 8.23. The van der Waals surface area contributed by atoms with Crippen molar-refractivity contribution in [2.45, 2.75) is 67.0 Å². The second-order valence-corrected chi connectivity index (χ2v) is 8.83. The van der Waals surface area contributed by atoms with Crippen molar-refractivity contribution < 1.29 is 9.53 Å². The number of carbonyl (C=O) groups is 1. The maximum Gasteiger partial charge on any atom is 0.407 e. The van der Waals surface area contributed by atoms with Crippen molar-refractivity contribution in [3.05, 3.63) is 46.8 Å². The molecule has 0 spiro atoms. The molecule has 0 aliphatic carbocycles. The number of aromatic nitrogens is 1. The zero-order valence-corrected chi connectivity index (χ0v) is 18.1. The highest BCUT2D eigenvalue weighted by atomic mass is 16.5. The van der Waals surface area contributed by atoms with Gasteiger partial charge in [0, 0.05) is 22.4 Å². The zero-order chi connectivity index (χ0) is 21.1. The van der Waals surface area contributed by atoms with E-state index >= 15 is 0 Å². The molecule has 1 amide bonds. The van der Waals surface area contributed by atoms with E-state index in [4.69, 9.17) is 15.5 Å². The maximum absolute atomic E-state index is 12.2. The van der Waals surface area contributed by atoms with Gasteiger partial charge in [-0.15, -0.1) is 0 Å². The van der Waals surface area contributed by atoms with E-state index in [0.717, 1.165) is 34.5 Å². The summed E-state index contributed by atoms with van der Waals surface area (Å²) in [5, 5.41) is 2.83. The molecule has 1 aromatic carbocycles. The van der Waals surface area contributed by atoms with Gasteiger partial charge in [-0.05, 0) is 52.5 Å². The highest BCUT2D eigenvalue weighted by Crippen LogP contribution is 2.34. The van der Waals surface area contributed by atoms with Crippen LogP contribution in [0.4, 0.5) is 10.5 Å². The number of nitrogens with zero attached hydrogens (tertiary/aromatic N) is 1. The van der Waals surface area contributed by atoms with E-state index in [1.54, 1.807) is 0 Å². The lowest BCUT2D eigenvalue weighted by atomic mass is 9.93. The average molecular weight is 384 g/mol. The lowest BCUT2D eigenvalue weighted by molar-refractivity contribution is 0.131. The van der Waals surface area contributed by atoms with Crippen LogP contribution < -0.4 is 11.1 Å². The zero-order valence-electron chi connectivity index (χ0n) is 18.1. The standard InChI is InChI=1S/C23H33N3O2/c1-14(2)12-19-18(13-28-22(27)26-23(5,6)7)20(21(24)16(4)25-19)17-10-8-15(3)9-11-17/h8-11,14H,12-13,24H2,1-7H3,(H,26,27). The van der Waals surface area contributed by atoms with Gasteiger partial charge in [0.25, 0.3) is 0 Å². The van der Waals surface area contributed by atoms with Crippen molar-refractivity contribution in [2.24, 2.45) is 5.92 Å². The number of hydrogen-bond acceptors (Lipinski definition) is 4. The lowest BCUT2D eigenvalue weighted by Crippen LogP contribution is -2.40. The van der Waals surface area contributed by atoms with E-state index in [9.17, 15) is 4.79 Å². The quantitative estimate of drug-likeness (QED) is 0.746. The molecular formula is C23H33N3O2. The summed E-state index contributed by atoms with van der Waals surface area (Å²) < 4.78 is 5.56. The minimum absolute atomic E-state index is 0.130. The Kier molecular flexibility index (Phi) is 6.70. The molecule has 2 rings (SSSR count). The van der Waals surface area contributed by atoms with Gasteiger partial charge in [0.1, 0.15) is 6.61 Å². The first kappa shape index (κ1) is 21.7. The number of anilines is 1. The smallest absolute Gasteiger partial charge is 0.407 e. The van der Waals surface area contributed by atoms with Crippen molar-refractivity contribution in [1.82, 2.24) is 10.3 Å². The Bertz CT molecular complexity index is 834. The number of nitrogen functional groups attached to an aromatic ring is 1. The number of benzene rings is 1. The van der Waals surface area contributed by atoms with Gasteiger partial charge in [-0.1, -0.05) is 43.7 Å². The fourth-order valence-corrected chi connectivity index (χ4v) is 3.06. The molecule has 0 bridgehead atoms. The van der Waals surface area contributed by atoms with E-state index in [2.05, 4.69) is 50.4 Å². The van der Waals surface area contributed by atoms with E-state index in [0.29, 0.717) is 11.6 Å². The molecule has 2 aromatic rings. The number of alkyl carbamates (subject to hydrolysis) is 1. The first-order valence-corrected chi connectivity index (χ1v) is 9.77. The summed E-state index contributed by atoms with van der Waals surface area (Å²) in [4.78, 5) is 17.0. The molecule has 1 aromatic heterocycles. The number of aryl methyl sites for hydroxylation is 2. The molecule has 1 heterocycles. The third kappa shape index (κ3) is 5.72. The first-order valence-electron chi connectivity index (χ1n) is 9.77. The van der Waals surface area contributed by atoms with Crippen molar-refractivity contribution in [2.75, 3.05) is 5.73 Å². The Balaban J connectivity index is 2.50. The molecule has 3 N–H and O–H groups in total. The van der Waals surface area contributed by atoms with E-state index in [-0.39, 0.29) is 12.1 Å². The van der Waals surface area contributed by atoms with Crippen LogP contribution >= 0.6 is 0 Å². The van der Waals surface area contributed by atoms with Crippen LogP contribution in [-0.2, 0) is 17.8 Å². The van der Waals surface area contributed by atoms with Gasteiger partial charge in [0.2, 0.25) is 0 Å². The molecule has 0 radical (unpaired) electrons. The molecular weight excluding hydrogens is 350 g/mol. The molecule has 152 valence electrons. The third-order valence-electron chi connectivity index (χ3n) is 4.38. The molecule has 28 heavy (non-hydrogen) atoms. The van der Waals surface area contributed by atoms with Gasteiger partial charge in [0.15, 0.2) is 0 Å². The fourth-order valence-electron chi connectivity index (χ4n) is 3.06. The SMILES string of the molecule is Cc1ccc(-c2c(N)c(C)nc(CC(C)C)c2COC(=O)NC(C)(C)C)cc1. The van der Waals surface area contributed by atoms with Crippen molar-refractivity contribution in [1.29, 1.82) is 0 Å². The Labute approximate surface area is 168 Å². The molecule has 0 saturated heterocycles. The number of rotatable bonds is 5. The van der Waals surface area contributed by atoms with Crippen molar-refractivity contribution in [3.8, 4) is 11.1 Å². The monoisotopic (exact) mass is 383 g/mol. The van der Waals surface area contributed by atoms with Crippen LogP contribution in [0, 0.1) is 19.8 Å². The van der Waals surface area contributed by atoms with Gasteiger partial charge in [0.05, 0.1) is 11.4 Å². The second kappa shape index (κ2) is 8.63. The van der Waals surface area contributed by atoms with Crippen LogP contribution in [0.5, 0.6) is 0 Å². The summed E-state index contributed by atoms with van der Waals surface area (Å²) in [5.41, 5.74) is 12.4. The summed E-state index contributed by atoms with van der Waals surface area (Å²) in [7, 11) is 0. The van der Waals surface area contributed by atoms with Crippen LogP contribution in [0.2, 0.25) is 0 Å². The second-order valence-electron chi connectivity index (χ2n) is 8.83. The topological polar surface area (TPSA) is 77.2 Å². The molecule has 0 aliphatic heterocycles. The minimum atomic E-state index is -0.447. The highest BCUT2D eigenvalue weighted by Gasteiger charge is 2.21. The Morgan fingerprint density at radius 2 is 1.79 bits per heavy atom. The van der Waals surface area contributed by atoms with Gasteiger partial charge in [-0.2, -0.15) is 0 Å². The number of ether oxygens (including phenoxy) is 1. The molecule has 5 heteroatoms. The molecule has 0 fully saturated rings. The van der Waals surface area contributed by atoms with E-state index < -0.39 is 6.09 Å². The average Bonchev–Trinajstić information content (AvgIpc) is 2.55. The number of amides is 1. The number of nitrogens with one attached hydrogen (secondary N) is 1. The number of carbonyl (C=O) groups excluding carboxylic acids is 1. The summed E-state index contributed by atoms with van der Waals surface area (Å²) in [5.74, 6) is 0.420. The summed E-state index contributed by atoms with van der Waals surface area (Å²) in [6.07, 6.45) is 0.344. The fraction of sp³-hybridized carbons (Fsp3) is 0.478. The summed E-state index contributed by atoms with van der Waals surface area (Å²) >= 11 is 0. The van der Waals surface area contributed by atoms with E-state index in [1.165, 1.54) is 5.56 Å². The largest absolute Gasteiger partial charge is 0.445 e. The van der Waals surface area contributed by atoms with E-state index in [1.807, 2.05) is 27.7 Å². The van der Waals surface area contributed by atoms with Gasteiger partial charge >= 0.3 is 6.09 Å². The van der Waals surface area contributed by atoms with Crippen molar-refractivity contribution >= 4 is 11.8 Å². The lowest BCUT2D eigenvalue weighted by Gasteiger charge is -2.22. The van der Waals surface area contributed by atoms with Crippen LogP contribution in [0.25, 0.3) is 11.1 Å². The molecule has 0 aliphatic rings.